The van der Waals surface area contributed by atoms with E-state index in [9.17, 15) is 24.5 Å². The summed E-state index contributed by atoms with van der Waals surface area (Å²) in [4.78, 5) is 46.5. The molecule has 3 aromatic rings. The minimum atomic E-state index is -0.914. The summed E-state index contributed by atoms with van der Waals surface area (Å²) in [6.45, 7) is 1.67. The van der Waals surface area contributed by atoms with Crippen LogP contribution in [0, 0.1) is 10.1 Å². The molecule has 0 amide bonds. The Kier molecular flexibility index (Phi) is 5.87. The zero-order valence-corrected chi connectivity index (χ0v) is 15.6. The number of fused-ring (bicyclic) bond motifs is 1. The number of hydrogen-bond acceptors (Lipinski definition) is 7. The minimum Gasteiger partial charge on any atom is -0.454 e. The number of ketones is 1. The van der Waals surface area contributed by atoms with Gasteiger partial charge in [-0.15, -0.1) is 0 Å². The summed E-state index contributed by atoms with van der Waals surface area (Å²) in [5.74, 6) is -1.52. The molecule has 2 aromatic carbocycles. The average Bonchev–Trinajstić information content (AvgIpc) is 3.02. The van der Waals surface area contributed by atoms with E-state index < -0.39 is 22.8 Å². The quantitative estimate of drug-likeness (QED) is 0.247. The first-order valence-corrected chi connectivity index (χ1v) is 8.93. The van der Waals surface area contributed by atoms with Gasteiger partial charge in [-0.05, 0) is 19.4 Å². The van der Waals surface area contributed by atoms with Crippen molar-refractivity contribution in [2.24, 2.45) is 0 Å². The Morgan fingerprint density at radius 1 is 1.21 bits per heavy atom. The minimum absolute atomic E-state index is 0.00148. The number of esters is 1. The fourth-order valence-corrected chi connectivity index (χ4v) is 2.91. The molecule has 1 atom stereocenters. The van der Waals surface area contributed by atoms with Gasteiger partial charge >= 0.3 is 11.7 Å². The maximum absolute atomic E-state index is 12.2. The number of rotatable bonds is 8. The lowest BCUT2D eigenvalue weighted by molar-refractivity contribution is -0.384. The number of aromatic nitrogens is 1. The van der Waals surface area contributed by atoms with Gasteiger partial charge in [0.25, 0.3) is 5.69 Å². The maximum atomic E-state index is 12.2. The second-order valence-electron chi connectivity index (χ2n) is 6.39. The topological polar surface area (TPSA) is 122 Å². The summed E-state index contributed by atoms with van der Waals surface area (Å²) in [6, 6.07) is 12.4. The summed E-state index contributed by atoms with van der Waals surface area (Å²) in [5, 5.41) is 10.8. The van der Waals surface area contributed by atoms with E-state index in [0.29, 0.717) is 11.1 Å². The van der Waals surface area contributed by atoms with E-state index in [-0.39, 0.29) is 36.4 Å². The van der Waals surface area contributed by atoms with Gasteiger partial charge in [-0.25, -0.2) is 4.79 Å². The third-order valence-electron chi connectivity index (χ3n) is 4.36. The Morgan fingerprint density at radius 3 is 2.62 bits per heavy atom. The second kappa shape index (κ2) is 8.51. The molecule has 0 aliphatic rings. The molecule has 1 heterocycles. The van der Waals surface area contributed by atoms with Crippen LogP contribution in [0.25, 0.3) is 11.1 Å². The molecule has 1 aromatic heterocycles. The number of Topliss-reactive ketones (excluding diaryl/α,β-unsaturated/α-hetero) is 1. The van der Waals surface area contributed by atoms with Crippen LogP contribution in [0.15, 0.2) is 57.7 Å². The molecule has 29 heavy (non-hydrogen) atoms. The van der Waals surface area contributed by atoms with Crippen LogP contribution in [0.2, 0.25) is 0 Å². The Labute approximate surface area is 164 Å². The SMILES string of the molecule is C[C@H](OC(=O)CCCn1c(=O)oc2cc([N+](=O)[O-])ccc21)C(=O)c1ccccc1. The maximum Gasteiger partial charge on any atom is 0.419 e. The molecule has 0 aliphatic carbocycles. The molecule has 0 unspecified atom stereocenters. The molecule has 0 spiro atoms. The normalized spacial score (nSPS) is 11.9. The van der Waals surface area contributed by atoms with Crippen LogP contribution in [0.1, 0.15) is 30.1 Å². The summed E-state index contributed by atoms with van der Waals surface area (Å²) in [5.41, 5.74) is 0.785. The molecule has 0 radical (unpaired) electrons. The van der Waals surface area contributed by atoms with E-state index >= 15 is 0 Å². The van der Waals surface area contributed by atoms with Gasteiger partial charge in [0.15, 0.2) is 11.7 Å². The van der Waals surface area contributed by atoms with Crippen molar-refractivity contribution in [2.45, 2.75) is 32.4 Å². The van der Waals surface area contributed by atoms with E-state index in [4.69, 9.17) is 9.15 Å². The van der Waals surface area contributed by atoms with Gasteiger partial charge in [-0.3, -0.25) is 24.3 Å². The molecule has 150 valence electrons. The largest absolute Gasteiger partial charge is 0.454 e. The molecular weight excluding hydrogens is 380 g/mol. The van der Waals surface area contributed by atoms with Crippen molar-refractivity contribution in [1.82, 2.24) is 4.57 Å². The number of hydrogen-bond donors (Lipinski definition) is 0. The molecule has 3 rings (SSSR count). The number of non-ortho nitro benzene ring substituents is 1. The molecule has 0 aliphatic heterocycles. The van der Waals surface area contributed by atoms with Gasteiger partial charge in [0, 0.05) is 24.6 Å². The molecule has 0 saturated heterocycles. The third kappa shape index (κ3) is 4.57. The van der Waals surface area contributed by atoms with E-state index in [1.165, 1.54) is 29.7 Å². The molecule has 0 fully saturated rings. The van der Waals surface area contributed by atoms with E-state index in [1.54, 1.807) is 30.3 Å². The van der Waals surface area contributed by atoms with Crippen molar-refractivity contribution in [3.63, 3.8) is 0 Å². The van der Waals surface area contributed by atoms with Crippen LogP contribution in [0.5, 0.6) is 0 Å². The van der Waals surface area contributed by atoms with Crippen LogP contribution >= 0.6 is 0 Å². The summed E-state index contributed by atoms with van der Waals surface area (Å²) >= 11 is 0. The van der Waals surface area contributed by atoms with Crippen molar-refractivity contribution in [3.8, 4) is 0 Å². The zero-order valence-electron chi connectivity index (χ0n) is 15.6. The van der Waals surface area contributed by atoms with Gasteiger partial charge < -0.3 is 9.15 Å². The lowest BCUT2D eigenvalue weighted by Crippen LogP contribution is -2.24. The highest BCUT2D eigenvalue weighted by Gasteiger charge is 2.19. The number of nitro groups is 1. The average molecular weight is 398 g/mol. The molecule has 0 bridgehead atoms. The third-order valence-corrected chi connectivity index (χ3v) is 4.36. The van der Waals surface area contributed by atoms with Gasteiger partial charge in [0.2, 0.25) is 5.78 Å². The number of benzene rings is 2. The number of aryl methyl sites for hydroxylation is 1. The first-order valence-electron chi connectivity index (χ1n) is 8.93. The molecule has 0 N–H and O–H groups in total. The lowest BCUT2D eigenvalue weighted by Gasteiger charge is -2.12. The van der Waals surface area contributed by atoms with Crippen LogP contribution in [0.3, 0.4) is 0 Å². The van der Waals surface area contributed by atoms with Crippen LogP contribution < -0.4 is 5.76 Å². The summed E-state index contributed by atoms with van der Waals surface area (Å²) in [7, 11) is 0. The molecule has 9 heteroatoms. The predicted molar refractivity (Wildman–Crippen MR) is 103 cm³/mol. The fourth-order valence-electron chi connectivity index (χ4n) is 2.91. The van der Waals surface area contributed by atoms with Gasteiger partial charge in [-0.2, -0.15) is 0 Å². The first kappa shape index (κ1) is 20.0. The van der Waals surface area contributed by atoms with Gasteiger partial charge in [-0.1, -0.05) is 30.3 Å². The number of nitrogens with zero attached hydrogens (tertiary/aromatic N) is 2. The highest BCUT2D eigenvalue weighted by molar-refractivity contribution is 6.00. The Hall–Kier alpha value is -3.75. The van der Waals surface area contributed by atoms with E-state index in [2.05, 4.69) is 0 Å². The standard InChI is InChI=1S/C20H18N2O7/c1-13(19(24)14-6-3-2-4-7-14)28-18(23)8-5-11-21-16-10-9-15(22(26)27)12-17(16)29-20(21)25/h2-4,6-7,9-10,12-13H,5,8,11H2,1H3/t13-/m0/s1. The Bertz CT molecular complexity index is 1110. The number of carbonyl (C=O) groups is 2. The van der Waals surface area contributed by atoms with Crippen molar-refractivity contribution in [2.75, 3.05) is 0 Å². The lowest BCUT2D eigenvalue weighted by atomic mass is 10.1. The number of oxazole rings is 1. The first-order chi connectivity index (χ1) is 13.9. The Balaban J connectivity index is 1.58. The van der Waals surface area contributed by atoms with Gasteiger partial charge in [0.05, 0.1) is 16.5 Å². The number of carbonyl (C=O) groups excluding carboxylic acids is 2. The highest BCUT2D eigenvalue weighted by Crippen LogP contribution is 2.20. The van der Waals surface area contributed by atoms with Crippen LogP contribution in [-0.2, 0) is 16.1 Å². The summed E-state index contributed by atoms with van der Waals surface area (Å²) < 4.78 is 11.5. The fraction of sp³-hybridized carbons (Fsp3) is 0.250. The Morgan fingerprint density at radius 2 is 1.93 bits per heavy atom. The monoisotopic (exact) mass is 398 g/mol. The molecule has 0 saturated carbocycles. The van der Waals surface area contributed by atoms with Crippen molar-refractivity contribution >= 4 is 28.5 Å². The predicted octanol–water partition coefficient (Wildman–Crippen LogP) is 3.10. The van der Waals surface area contributed by atoms with Crippen molar-refractivity contribution in [3.05, 3.63) is 74.8 Å². The zero-order chi connectivity index (χ0) is 21.0. The number of ether oxygens (including phenoxy) is 1. The highest BCUT2D eigenvalue weighted by atomic mass is 16.6. The second-order valence-corrected chi connectivity index (χ2v) is 6.39. The van der Waals surface area contributed by atoms with Crippen molar-refractivity contribution < 1.29 is 23.7 Å². The van der Waals surface area contributed by atoms with Crippen LogP contribution in [0.4, 0.5) is 5.69 Å². The van der Waals surface area contributed by atoms with Crippen LogP contribution in [-0.4, -0.2) is 27.3 Å². The molecular formula is C20H18N2O7. The van der Waals surface area contributed by atoms with Crippen molar-refractivity contribution in [1.29, 1.82) is 0 Å². The molecule has 9 nitrogen and oxygen atoms in total. The van der Waals surface area contributed by atoms with E-state index in [1.807, 2.05) is 0 Å². The summed E-state index contributed by atoms with van der Waals surface area (Å²) in [6.07, 6.45) is -0.641. The smallest absolute Gasteiger partial charge is 0.419 e. The van der Waals surface area contributed by atoms with Gasteiger partial charge in [0.1, 0.15) is 0 Å². The van der Waals surface area contributed by atoms with E-state index in [0.717, 1.165) is 0 Å². The number of nitro benzene ring substituents is 1.